The maximum Gasteiger partial charge on any atom is 0.293 e. The molecule has 1 rings (SSSR count). The molecule has 0 atom stereocenters. The number of nitrogens with zero attached hydrogens (tertiary/aromatic N) is 2. The second kappa shape index (κ2) is 7.25. The van der Waals surface area contributed by atoms with Crippen molar-refractivity contribution in [3.05, 3.63) is 22.7 Å². The lowest BCUT2D eigenvalue weighted by Gasteiger charge is -2.22. The van der Waals surface area contributed by atoms with Gasteiger partial charge in [-0.25, -0.2) is 4.98 Å². The molecule has 3 N–H and O–H groups in total. The van der Waals surface area contributed by atoms with Crippen molar-refractivity contribution in [3.8, 4) is 0 Å². The second-order valence-electron chi connectivity index (χ2n) is 5.30. The number of hydrogen-bond donors (Lipinski definition) is 2. The minimum Gasteiger partial charge on any atom is -0.380 e. The van der Waals surface area contributed by atoms with Crippen LogP contribution < -0.4 is 16.6 Å². The van der Waals surface area contributed by atoms with Crippen molar-refractivity contribution >= 4 is 5.82 Å². The zero-order valence-electron chi connectivity index (χ0n) is 12.0. The van der Waals surface area contributed by atoms with E-state index < -0.39 is 0 Å². The zero-order chi connectivity index (χ0) is 14.3. The average molecular weight is 268 g/mol. The Morgan fingerprint density at radius 3 is 2.79 bits per heavy atom. The number of anilines is 1. The standard InChI is InChI=1S/C13H24N4O2/c1-13(2,3)17-8-7-16-11(12(17)18)15-6-4-9-19-10-5-14/h7-8H,4-6,9-10,14H2,1-3H3,(H,15,16). The highest BCUT2D eigenvalue weighted by molar-refractivity contribution is 5.30. The number of rotatable bonds is 7. The Morgan fingerprint density at radius 1 is 1.42 bits per heavy atom. The topological polar surface area (TPSA) is 82.2 Å². The molecule has 0 aromatic carbocycles. The second-order valence-corrected chi connectivity index (χ2v) is 5.30. The van der Waals surface area contributed by atoms with E-state index in [1.807, 2.05) is 20.8 Å². The van der Waals surface area contributed by atoms with E-state index in [4.69, 9.17) is 10.5 Å². The molecule has 0 aliphatic carbocycles. The molecule has 0 spiro atoms. The first-order chi connectivity index (χ1) is 8.96. The quantitative estimate of drug-likeness (QED) is 0.714. The summed E-state index contributed by atoms with van der Waals surface area (Å²) in [5.74, 6) is 0.385. The van der Waals surface area contributed by atoms with Crippen LogP contribution in [0, 0.1) is 0 Å². The molecule has 0 fully saturated rings. The summed E-state index contributed by atoms with van der Waals surface area (Å²) in [5.41, 5.74) is 4.97. The van der Waals surface area contributed by atoms with Crippen LogP contribution >= 0.6 is 0 Å². The molecule has 0 saturated carbocycles. The Labute approximate surface area is 114 Å². The molecule has 1 aromatic rings. The van der Waals surface area contributed by atoms with Crippen LogP contribution in [0.15, 0.2) is 17.2 Å². The molecular formula is C13H24N4O2. The normalized spacial score (nSPS) is 11.6. The van der Waals surface area contributed by atoms with Crippen LogP contribution in [0.1, 0.15) is 27.2 Å². The van der Waals surface area contributed by atoms with Gasteiger partial charge in [-0.05, 0) is 27.2 Å². The smallest absolute Gasteiger partial charge is 0.293 e. The largest absolute Gasteiger partial charge is 0.380 e. The van der Waals surface area contributed by atoms with Crippen LogP contribution in [0.4, 0.5) is 5.82 Å². The molecule has 1 heterocycles. The van der Waals surface area contributed by atoms with Gasteiger partial charge in [0.25, 0.3) is 5.56 Å². The summed E-state index contributed by atoms with van der Waals surface area (Å²) < 4.78 is 6.93. The van der Waals surface area contributed by atoms with Crippen molar-refractivity contribution in [2.45, 2.75) is 32.7 Å². The van der Waals surface area contributed by atoms with Crippen LogP contribution in [0.2, 0.25) is 0 Å². The van der Waals surface area contributed by atoms with Crippen molar-refractivity contribution in [1.29, 1.82) is 0 Å². The van der Waals surface area contributed by atoms with E-state index in [0.29, 0.717) is 32.1 Å². The SMILES string of the molecule is CC(C)(C)n1ccnc(NCCCOCCN)c1=O. The molecular weight excluding hydrogens is 244 g/mol. The molecule has 0 saturated heterocycles. The van der Waals surface area contributed by atoms with Crippen molar-refractivity contribution in [2.75, 3.05) is 31.6 Å². The first kappa shape index (κ1) is 15.7. The lowest BCUT2D eigenvalue weighted by molar-refractivity contribution is 0.141. The lowest BCUT2D eigenvalue weighted by atomic mass is 10.1. The molecule has 0 bridgehead atoms. The predicted molar refractivity (Wildman–Crippen MR) is 76.5 cm³/mol. The molecule has 6 nitrogen and oxygen atoms in total. The van der Waals surface area contributed by atoms with Gasteiger partial charge >= 0.3 is 0 Å². The summed E-state index contributed by atoms with van der Waals surface area (Å²) in [4.78, 5) is 16.3. The summed E-state index contributed by atoms with van der Waals surface area (Å²) >= 11 is 0. The third-order valence-corrected chi connectivity index (χ3v) is 2.58. The van der Waals surface area contributed by atoms with Gasteiger partial charge in [0.15, 0.2) is 5.82 Å². The summed E-state index contributed by atoms with van der Waals surface area (Å²) in [6.45, 7) is 8.34. The van der Waals surface area contributed by atoms with Crippen LogP contribution in [-0.4, -0.2) is 35.9 Å². The number of ether oxygens (including phenoxy) is 1. The van der Waals surface area contributed by atoms with E-state index in [2.05, 4.69) is 10.3 Å². The van der Waals surface area contributed by atoms with Crippen LogP contribution in [0.5, 0.6) is 0 Å². The molecule has 0 aliphatic rings. The van der Waals surface area contributed by atoms with Crippen molar-refractivity contribution in [3.63, 3.8) is 0 Å². The van der Waals surface area contributed by atoms with Gasteiger partial charge in [0.05, 0.1) is 6.61 Å². The molecule has 108 valence electrons. The Kier molecular flexibility index (Phi) is 5.98. The molecule has 0 radical (unpaired) electrons. The molecule has 0 aliphatic heterocycles. The monoisotopic (exact) mass is 268 g/mol. The minimum atomic E-state index is -0.249. The summed E-state index contributed by atoms with van der Waals surface area (Å²) in [5, 5.41) is 3.05. The van der Waals surface area contributed by atoms with Gasteiger partial charge < -0.3 is 20.4 Å². The molecule has 6 heteroatoms. The number of nitrogens with two attached hydrogens (primary N) is 1. The first-order valence-corrected chi connectivity index (χ1v) is 6.56. The van der Waals surface area contributed by atoms with E-state index in [1.54, 1.807) is 17.0 Å². The van der Waals surface area contributed by atoms with Crippen molar-refractivity contribution < 1.29 is 4.74 Å². The first-order valence-electron chi connectivity index (χ1n) is 6.56. The summed E-state index contributed by atoms with van der Waals surface area (Å²) in [6, 6.07) is 0. The van der Waals surface area contributed by atoms with Gasteiger partial charge in [-0.1, -0.05) is 0 Å². The predicted octanol–water partition coefficient (Wildman–Crippen LogP) is 0.776. The molecule has 1 aromatic heterocycles. The van der Waals surface area contributed by atoms with Crippen LogP contribution in [0.25, 0.3) is 0 Å². The minimum absolute atomic E-state index is 0.0992. The highest BCUT2D eigenvalue weighted by atomic mass is 16.5. The average Bonchev–Trinajstić information content (AvgIpc) is 2.34. The van der Waals surface area contributed by atoms with Gasteiger partial charge in [0.2, 0.25) is 0 Å². The van der Waals surface area contributed by atoms with E-state index in [-0.39, 0.29) is 11.1 Å². The van der Waals surface area contributed by atoms with Gasteiger partial charge in [0, 0.05) is 37.6 Å². The lowest BCUT2D eigenvalue weighted by Crippen LogP contribution is -2.35. The fourth-order valence-corrected chi connectivity index (χ4v) is 1.63. The third-order valence-electron chi connectivity index (χ3n) is 2.58. The molecule has 19 heavy (non-hydrogen) atoms. The van der Waals surface area contributed by atoms with Crippen molar-refractivity contribution in [1.82, 2.24) is 9.55 Å². The highest BCUT2D eigenvalue weighted by Crippen LogP contribution is 2.10. The van der Waals surface area contributed by atoms with Gasteiger partial charge in [0.1, 0.15) is 0 Å². The Hall–Kier alpha value is -1.40. The van der Waals surface area contributed by atoms with Gasteiger partial charge in [-0.15, -0.1) is 0 Å². The number of hydrogen-bond acceptors (Lipinski definition) is 5. The van der Waals surface area contributed by atoms with E-state index in [1.165, 1.54) is 0 Å². The summed E-state index contributed by atoms with van der Waals surface area (Å²) in [7, 11) is 0. The van der Waals surface area contributed by atoms with E-state index in [9.17, 15) is 4.79 Å². The fraction of sp³-hybridized carbons (Fsp3) is 0.692. The van der Waals surface area contributed by atoms with E-state index in [0.717, 1.165) is 6.42 Å². The highest BCUT2D eigenvalue weighted by Gasteiger charge is 2.16. The zero-order valence-corrected chi connectivity index (χ0v) is 12.0. The van der Waals surface area contributed by atoms with Crippen LogP contribution in [-0.2, 0) is 10.3 Å². The number of nitrogens with one attached hydrogen (secondary N) is 1. The number of aromatic nitrogens is 2. The van der Waals surface area contributed by atoms with Crippen molar-refractivity contribution in [2.24, 2.45) is 5.73 Å². The molecule has 0 unspecified atom stereocenters. The van der Waals surface area contributed by atoms with Gasteiger partial charge in [-0.3, -0.25) is 4.79 Å². The maximum absolute atomic E-state index is 12.2. The third kappa shape index (κ3) is 5.00. The van der Waals surface area contributed by atoms with Gasteiger partial charge in [-0.2, -0.15) is 0 Å². The molecule has 0 amide bonds. The maximum atomic E-state index is 12.2. The summed E-state index contributed by atoms with van der Waals surface area (Å²) in [6.07, 6.45) is 4.16. The Morgan fingerprint density at radius 2 is 2.16 bits per heavy atom. The Bertz CT molecular complexity index is 437. The Balaban J connectivity index is 2.53. The van der Waals surface area contributed by atoms with E-state index >= 15 is 0 Å². The fourth-order valence-electron chi connectivity index (χ4n) is 1.63. The van der Waals surface area contributed by atoms with Crippen LogP contribution in [0.3, 0.4) is 0 Å².